The Hall–Kier alpha value is -3.15. The van der Waals surface area contributed by atoms with Crippen molar-refractivity contribution in [3.05, 3.63) is 65.1 Å². The second-order valence-electron chi connectivity index (χ2n) is 5.38. The number of aromatic amines is 1. The lowest BCUT2D eigenvalue weighted by molar-refractivity contribution is 0.0596. The maximum Gasteiger partial charge on any atom is 0.356 e. The van der Waals surface area contributed by atoms with Gasteiger partial charge in [-0.25, -0.2) is 9.18 Å². The summed E-state index contributed by atoms with van der Waals surface area (Å²) in [4.78, 5) is 27.4. The molecule has 0 aliphatic heterocycles. The van der Waals surface area contributed by atoms with Crippen LogP contribution in [-0.4, -0.2) is 24.0 Å². The van der Waals surface area contributed by atoms with Crippen molar-refractivity contribution in [3.63, 3.8) is 0 Å². The smallest absolute Gasteiger partial charge is 0.356 e. The zero-order chi connectivity index (χ0) is 17.3. The molecule has 1 heterocycles. The molecule has 5 nitrogen and oxygen atoms in total. The molecule has 0 radical (unpaired) electrons. The minimum Gasteiger partial charge on any atom is -0.464 e. The number of ether oxygens (including phenoxy) is 1. The SMILES string of the molecule is COC(=O)c1[nH]c2ccc(C)cc2c1NC(=O)c1ccc(F)cc1. The summed E-state index contributed by atoms with van der Waals surface area (Å²) < 4.78 is 17.8. The summed E-state index contributed by atoms with van der Waals surface area (Å²) in [6.07, 6.45) is 0. The van der Waals surface area contributed by atoms with Crippen molar-refractivity contribution < 1.29 is 18.7 Å². The van der Waals surface area contributed by atoms with Gasteiger partial charge in [-0.2, -0.15) is 0 Å². The van der Waals surface area contributed by atoms with Crippen LogP contribution in [0.25, 0.3) is 10.9 Å². The summed E-state index contributed by atoms with van der Waals surface area (Å²) in [6.45, 7) is 1.91. The summed E-state index contributed by atoms with van der Waals surface area (Å²) in [5.41, 5.74) is 2.48. The molecular formula is C18H15FN2O3. The number of rotatable bonds is 3. The Labute approximate surface area is 137 Å². The van der Waals surface area contributed by atoms with Gasteiger partial charge >= 0.3 is 5.97 Å². The van der Waals surface area contributed by atoms with Crippen LogP contribution in [0.1, 0.15) is 26.4 Å². The molecule has 3 rings (SSSR count). The topological polar surface area (TPSA) is 71.2 Å². The van der Waals surface area contributed by atoms with Crippen LogP contribution in [-0.2, 0) is 4.74 Å². The highest BCUT2D eigenvalue weighted by atomic mass is 19.1. The lowest BCUT2D eigenvalue weighted by Gasteiger charge is -2.07. The van der Waals surface area contributed by atoms with Crippen molar-refractivity contribution >= 4 is 28.5 Å². The highest BCUT2D eigenvalue weighted by Crippen LogP contribution is 2.29. The first-order valence-corrected chi connectivity index (χ1v) is 7.27. The number of anilines is 1. The van der Waals surface area contributed by atoms with E-state index in [4.69, 9.17) is 4.74 Å². The van der Waals surface area contributed by atoms with Crippen LogP contribution in [0.3, 0.4) is 0 Å². The first kappa shape index (κ1) is 15.7. The molecule has 0 unspecified atom stereocenters. The van der Waals surface area contributed by atoms with E-state index >= 15 is 0 Å². The molecule has 24 heavy (non-hydrogen) atoms. The van der Waals surface area contributed by atoms with E-state index in [1.807, 2.05) is 25.1 Å². The highest BCUT2D eigenvalue weighted by molar-refractivity contribution is 6.14. The summed E-state index contributed by atoms with van der Waals surface area (Å²) in [6, 6.07) is 10.7. The van der Waals surface area contributed by atoms with Crippen LogP contribution in [0, 0.1) is 12.7 Å². The van der Waals surface area contributed by atoms with E-state index in [0.29, 0.717) is 16.6 Å². The van der Waals surface area contributed by atoms with E-state index < -0.39 is 17.7 Å². The summed E-state index contributed by atoms with van der Waals surface area (Å²) in [5.74, 6) is -1.45. The molecule has 0 aliphatic rings. The van der Waals surface area contributed by atoms with E-state index in [0.717, 1.165) is 5.56 Å². The van der Waals surface area contributed by atoms with Crippen molar-refractivity contribution in [3.8, 4) is 0 Å². The lowest BCUT2D eigenvalue weighted by Crippen LogP contribution is -2.15. The quantitative estimate of drug-likeness (QED) is 0.722. The van der Waals surface area contributed by atoms with Crippen molar-refractivity contribution in [2.24, 2.45) is 0 Å². The van der Waals surface area contributed by atoms with Gasteiger partial charge < -0.3 is 15.0 Å². The van der Waals surface area contributed by atoms with Gasteiger partial charge in [0.15, 0.2) is 0 Å². The number of methoxy groups -OCH3 is 1. The maximum absolute atomic E-state index is 13.0. The maximum atomic E-state index is 13.0. The molecule has 2 aromatic carbocycles. The Kier molecular flexibility index (Phi) is 4.04. The number of fused-ring (bicyclic) bond motifs is 1. The average molecular weight is 326 g/mol. The first-order valence-electron chi connectivity index (χ1n) is 7.27. The van der Waals surface area contributed by atoms with E-state index in [9.17, 15) is 14.0 Å². The third-order valence-corrected chi connectivity index (χ3v) is 3.69. The second-order valence-corrected chi connectivity index (χ2v) is 5.38. The van der Waals surface area contributed by atoms with Gasteiger partial charge in [0.05, 0.1) is 12.8 Å². The zero-order valence-corrected chi connectivity index (χ0v) is 13.1. The predicted molar refractivity (Wildman–Crippen MR) is 88.7 cm³/mol. The molecule has 0 saturated carbocycles. The number of carbonyl (C=O) groups is 2. The van der Waals surface area contributed by atoms with Gasteiger partial charge in [0.1, 0.15) is 11.5 Å². The van der Waals surface area contributed by atoms with Gasteiger partial charge in [-0.05, 0) is 43.3 Å². The Balaban J connectivity index is 2.06. The molecule has 0 fully saturated rings. The Morgan fingerprint density at radius 3 is 2.50 bits per heavy atom. The van der Waals surface area contributed by atoms with Crippen LogP contribution in [0.5, 0.6) is 0 Å². The molecule has 1 amide bonds. The van der Waals surface area contributed by atoms with Crippen molar-refractivity contribution in [1.29, 1.82) is 0 Å². The van der Waals surface area contributed by atoms with Crippen LogP contribution >= 0.6 is 0 Å². The van der Waals surface area contributed by atoms with E-state index in [-0.39, 0.29) is 11.3 Å². The van der Waals surface area contributed by atoms with Crippen molar-refractivity contribution in [2.75, 3.05) is 12.4 Å². The molecule has 0 aliphatic carbocycles. The molecule has 0 spiro atoms. The number of benzene rings is 2. The van der Waals surface area contributed by atoms with Gasteiger partial charge in [0.25, 0.3) is 5.91 Å². The standard InChI is InChI=1S/C18H15FN2O3/c1-10-3-8-14-13(9-10)15(16(20-14)18(23)24-2)21-17(22)11-4-6-12(19)7-5-11/h3-9,20H,1-2H3,(H,21,22). The number of esters is 1. The van der Waals surface area contributed by atoms with E-state index in [1.165, 1.54) is 31.4 Å². The number of halogens is 1. The number of hydrogen-bond acceptors (Lipinski definition) is 3. The molecule has 1 aromatic heterocycles. The van der Waals surface area contributed by atoms with Crippen LogP contribution in [0.2, 0.25) is 0 Å². The van der Waals surface area contributed by atoms with Crippen LogP contribution in [0.15, 0.2) is 42.5 Å². The molecule has 0 saturated heterocycles. The fourth-order valence-electron chi connectivity index (χ4n) is 2.48. The van der Waals surface area contributed by atoms with E-state index in [2.05, 4.69) is 10.3 Å². The summed E-state index contributed by atoms with van der Waals surface area (Å²) >= 11 is 0. The molecule has 3 aromatic rings. The number of nitrogens with one attached hydrogen (secondary N) is 2. The third-order valence-electron chi connectivity index (χ3n) is 3.69. The number of hydrogen-bond donors (Lipinski definition) is 2. The average Bonchev–Trinajstić information content (AvgIpc) is 2.92. The minimum atomic E-state index is -0.585. The van der Waals surface area contributed by atoms with Crippen LogP contribution < -0.4 is 5.32 Å². The molecule has 0 atom stereocenters. The van der Waals surface area contributed by atoms with Gasteiger partial charge in [-0.15, -0.1) is 0 Å². The third kappa shape index (κ3) is 2.86. The minimum absolute atomic E-state index is 0.161. The highest BCUT2D eigenvalue weighted by Gasteiger charge is 2.20. The Morgan fingerprint density at radius 1 is 1.12 bits per heavy atom. The molecule has 122 valence electrons. The number of amides is 1. The van der Waals surface area contributed by atoms with Gasteiger partial charge in [0.2, 0.25) is 0 Å². The molecular weight excluding hydrogens is 311 g/mol. The largest absolute Gasteiger partial charge is 0.464 e. The second kappa shape index (κ2) is 6.16. The monoisotopic (exact) mass is 326 g/mol. The molecule has 6 heteroatoms. The summed E-state index contributed by atoms with van der Waals surface area (Å²) in [7, 11) is 1.27. The van der Waals surface area contributed by atoms with Crippen LogP contribution in [0.4, 0.5) is 10.1 Å². The number of aromatic nitrogens is 1. The van der Waals surface area contributed by atoms with Gasteiger partial charge in [-0.3, -0.25) is 4.79 Å². The fraction of sp³-hybridized carbons (Fsp3) is 0.111. The van der Waals surface area contributed by atoms with Gasteiger partial charge in [0, 0.05) is 16.5 Å². The first-order chi connectivity index (χ1) is 11.5. The lowest BCUT2D eigenvalue weighted by atomic mass is 10.1. The van der Waals surface area contributed by atoms with Crippen molar-refractivity contribution in [2.45, 2.75) is 6.92 Å². The fourth-order valence-corrected chi connectivity index (χ4v) is 2.48. The van der Waals surface area contributed by atoms with E-state index in [1.54, 1.807) is 0 Å². The Morgan fingerprint density at radius 2 is 1.83 bits per heavy atom. The Bertz CT molecular complexity index is 929. The predicted octanol–water partition coefficient (Wildman–Crippen LogP) is 3.65. The number of H-pyrrole nitrogens is 1. The van der Waals surface area contributed by atoms with Crippen molar-refractivity contribution in [1.82, 2.24) is 4.98 Å². The summed E-state index contributed by atoms with van der Waals surface area (Å²) in [5, 5.41) is 3.42. The molecule has 2 N–H and O–H groups in total. The van der Waals surface area contributed by atoms with Gasteiger partial charge in [-0.1, -0.05) is 11.6 Å². The number of carbonyl (C=O) groups excluding carboxylic acids is 2. The zero-order valence-electron chi connectivity index (χ0n) is 13.1. The molecule has 0 bridgehead atoms. The number of aryl methyl sites for hydroxylation is 1. The normalized spacial score (nSPS) is 10.6.